The number of nitrogens with zero attached hydrogens (tertiary/aromatic N) is 1. The summed E-state index contributed by atoms with van der Waals surface area (Å²) in [6.07, 6.45) is 2.63. The summed E-state index contributed by atoms with van der Waals surface area (Å²) in [4.78, 5) is 2.28. The lowest BCUT2D eigenvalue weighted by Crippen LogP contribution is -2.33. The molecule has 0 aliphatic heterocycles. The molecular formula is C13H18Cl2N2. The number of anilines is 2. The number of halogens is 2. The summed E-state index contributed by atoms with van der Waals surface area (Å²) in [6, 6.07) is 3.92. The molecule has 1 aliphatic carbocycles. The largest absolute Gasteiger partial charge is 0.399 e. The molecule has 2 nitrogen and oxygen atoms in total. The maximum absolute atomic E-state index is 6.27. The minimum Gasteiger partial charge on any atom is -0.399 e. The van der Waals surface area contributed by atoms with Crippen molar-refractivity contribution in [2.45, 2.75) is 32.7 Å². The highest BCUT2D eigenvalue weighted by Gasteiger charge is 2.27. The Labute approximate surface area is 113 Å². The normalized spacial score (nSPS) is 15.4. The van der Waals surface area contributed by atoms with E-state index in [-0.39, 0.29) is 0 Å². The minimum absolute atomic E-state index is 0.384. The van der Waals surface area contributed by atoms with E-state index >= 15 is 0 Å². The number of rotatable bonds is 4. The average molecular weight is 273 g/mol. The van der Waals surface area contributed by atoms with Crippen molar-refractivity contribution in [2.75, 3.05) is 17.2 Å². The molecule has 2 rings (SSSR count). The van der Waals surface area contributed by atoms with Crippen molar-refractivity contribution in [3.05, 3.63) is 22.2 Å². The zero-order chi connectivity index (χ0) is 12.6. The smallest absolute Gasteiger partial charge is 0.0748 e. The zero-order valence-corrected chi connectivity index (χ0v) is 11.7. The first kappa shape index (κ1) is 12.8. The van der Waals surface area contributed by atoms with Gasteiger partial charge < -0.3 is 10.6 Å². The molecule has 1 saturated carbocycles. The van der Waals surface area contributed by atoms with Crippen LogP contribution < -0.4 is 10.6 Å². The lowest BCUT2D eigenvalue weighted by molar-refractivity contribution is 0.645. The van der Waals surface area contributed by atoms with E-state index in [2.05, 4.69) is 18.7 Å². The molecule has 0 aromatic heterocycles. The molecule has 1 aromatic rings. The molecule has 17 heavy (non-hydrogen) atoms. The first-order valence-electron chi connectivity index (χ1n) is 6.00. The molecule has 0 unspecified atom stereocenters. The standard InChI is InChI=1S/C13H18Cl2N2/c1-8(2)17(7-9-3-4-9)13-11(14)5-10(16)6-12(13)15/h5-6,8-9H,3-4,7,16H2,1-2H3. The third-order valence-electron chi connectivity index (χ3n) is 3.10. The molecule has 1 aliphatic rings. The fourth-order valence-electron chi connectivity index (χ4n) is 2.00. The molecule has 2 N–H and O–H groups in total. The van der Waals surface area contributed by atoms with E-state index in [0.29, 0.717) is 21.8 Å². The Hall–Kier alpha value is -0.600. The van der Waals surface area contributed by atoms with Crippen LogP contribution in [0.4, 0.5) is 11.4 Å². The van der Waals surface area contributed by atoms with Crippen molar-refractivity contribution in [1.29, 1.82) is 0 Å². The molecule has 0 amide bonds. The first-order valence-corrected chi connectivity index (χ1v) is 6.75. The van der Waals surface area contributed by atoms with E-state index < -0.39 is 0 Å². The quantitative estimate of drug-likeness (QED) is 0.833. The van der Waals surface area contributed by atoms with Crippen LogP contribution in [0.25, 0.3) is 0 Å². The summed E-state index contributed by atoms with van der Waals surface area (Å²) in [7, 11) is 0. The van der Waals surface area contributed by atoms with Crippen molar-refractivity contribution in [3.63, 3.8) is 0 Å². The third kappa shape index (κ3) is 2.99. The van der Waals surface area contributed by atoms with Gasteiger partial charge in [0.05, 0.1) is 15.7 Å². The van der Waals surface area contributed by atoms with Crippen LogP contribution in [0.2, 0.25) is 10.0 Å². The summed E-state index contributed by atoms with van der Waals surface area (Å²) in [5.74, 6) is 0.794. The van der Waals surface area contributed by atoms with Crippen molar-refractivity contribution >= 4 is 34.6 Å². The Bertz CT molecular complexity index is 391. The second-order valence-corrected chi connectivity index (χ2v) is 5.84. The van der Waals surface area contributed by atoms with E-state index in [1.54, 1.807) is 12.1 Å². The highest BCUT2D eigenvalue weighted by atomic mass is 35.5. The van der Waals surface area contributed by atoms with E-state index in [1.807, 2.05) is 0 Å². The van der Waals surface area contributed by atoms with E-state index in [1.165, 1.54) is 12.8 Å². The third-order valence-corrected chi connectivity index (χ3v) is 3.68. The molecule has 0 heterocycles. The van der Waals surface area contributed by atoms with Crippen LogP contribution in [-0.2, 0) is 0 Å². The lowest BCUT2D eigenvalue weighted by Gasteiger charge is -2.31. The first-order chi connectivity index (χ1) is 7.99. The van der Waals surface area contributed by atoms with E-state index in [4.69, 9.17) is 28.9 Å². The fourth-order valence-corrected chi connectivity index (χ4v) is 2.72. The Balaban J connectivity index is 2.33. The van der Waals surface area contributed by atoms with E-state index in [0.717, 1.165) is 18.2 Å². The number of nitrogens with two attached hydrogens (primary N) is 1. The molecule has 94 valence electrons. The molecule has 0 spiro atoms. The Kier molecular flexibility index (Phi) is 3.74. The van der Waals surface area contributed by atoms with Crippen LogP contribution in [-0.4, -0.2) is 12.6 Å². The van der Waals surface area contributed by atoms with Gasteiger partial charge in [0, 0.05) is 18.3 Å². The SMILES string of the molecule is CC(C)N(CC1CC1)c1c(Cl)cc(N)cc1Cl. The maximum Gasteiger partial charge on any atom is 0.0748 e. The van der Waals surface area contributed by atoms with Crippen LogP contribution in [0.15, 0.2) is 12.1 Å². The molecular weight excluding hydrogens is 255 g/mol. The second kappa shape index (κ2) is 4.95. The fraction of sp³-hybridized carbons (Fsp3) is 0.538. The minimum atomic E-state index is 0.384. The van der Waals surface area contributed by atoms with E-state index in [9.17, 15) is 0 Å². The summed E-state index contributed by atoms with van der Waals surface area (Å²) >= 11 is 12.5. The molecule has 0 bridgehead atoms. The van der Waals surface area contributed by atoms with Gasteiger partial charge in [-0.25, -0.2) is 0 Å². The van der Waals surface area contributed by atoms with Gasteiger partial charge in [0.2, 0.25) is 0 Å². The monoisotopic (exact) mass is 272 g/mol. The topological polar surface area (TPSA) is 29.3 Å². The predicted octanol–water partition coefficient (Wildman–Crippen LogP) is 4.20. The van der Waals surface area contributed by atoms with Crippen molar-refractivity contribution in [1.82, 2.24) is 0 Å². The molecule has 1 fully saturated rings. The second-order valence-electron chi connectivity index (χ2n) is 5.02. The number of benzene rings is 1. The molecule has 0 atom stereocenters. The summed E-state index contributed by atoms with van der Waals surface area (Å²) in [5, 5.41) is 1.29. The van der Waals surface area contributed by atoms with Crippen molar-refractivity contribution in [2.24, 2.45) is 5.92 Å². The highest BCUT2D eigenvalue weighted by molar-refractivity contribution is 6.39. The van der Waals surface area contributed by atoms with Gasteiger partial charge >= 0.3 is 0 Å². The molecule has 0 radical (unpaired) electrons. The van der Waals surface area contributed by atoms with Gasteiger partial charge in [-0.2, -0.15) is 0 Å². The number of hydrogen-bond acceptors (Lipinski definition) is 2. The Morgan fingerprint density at radius 2 is 1.82 bits per heavy atom. The van der Waals surface area contributed by atoms with Gasteiger partial charge in [-0.05, 0) is 44.7 Å². The number of hydrogen-bond donors (Lipinski definition) is 1. The summed E-state index contributed by atoms with van der Waals surface area (Å²) < 4.78 is 0. The summed E-state index contributed by atoms with van der Waals surface area (Å²) in [5.41, 5.74) is 7.26. The van der Waals surface area contributed by atoms with Crippen molar-refractivity contribution in [3.8, 4) is 0 Å². The Morgan fingerprint density at radius 1 is 1.29 bits per heavy atom. The predicted molar refractivity (Wildman–Crippen MR) is 76.1 cm³/mol. The average Bonchev–Trinajstić information content (AvgIpc) is 2.98. The highest BCUT2D eigenvalue weighted by Crippen LogP contribution is 2.40. The lowest BCUT2D eigenvalue weighted by atomic mass is 10.2. The van der Waals surface area contributed by atoms with Crippen LogP contribution in [0, 0.1) is 5.92 Å². The number of nitrogen functional groups attached to an aromatic ring is 1. The van der Waals surface area contributed by atoms with Crippen LogP contribution in [0.5, 0.6) is 0 Å². The van der Waals surface area contributed by atoms with Gasteiger partial charge in [-0.1, -0.05) is 23.2 Å². The molecule has 1 aromatic carbocycles. The maximum atomic E-state index is 6.27. The van der Waals surface area contributed by atoms with Gasteiger partial charge in [-0.15, -0.1) is 0 Å². The van der Waals surface area contributed by atoms with Crippen molar-refractivity contribution < 1.29 is 0 Å². The summed E-state index contributed by atoms with van der Waals surface area (Å²) in [6.45, 7) is 5.35. The van der Waals surface area contributed by atoms with Crippen LogP contribution in [0.3, 0.4) is 0 Å². The van der Waals surface area contributed by atoms with Gasteiger partial charge in [0.25, 0.3) is 0 Å². The Morgan fingerprint density at radius 3 is 2.24 bits per heavy atom. The molecule has 4 heteroatoms. The van der Waals surface area contributed by atoms with Gasteiger partial charge in [-0.3, -0.25) is 0 Å². The molecule has 0 saturated heterocycles. The van der Waals surface area contributed by atoms with Gasteiger partial charge in [0.1, 0.15) is 0 Å². The zero-order valence-electron chi connectivity index (χ0n) is 10.2. The van der Waals surface area contributed by atoms with Crippen LogP contribution >= 0.6 is 23.2 Å². The van der Waals surface area contributed by atoms with Crippen LogP contribution in [0.1, 0.15) is 26.7 Å². The van der Waals surface area contributed by atoms with Gasteiger partial charge in [0.15, 0.2) is 0 Å².